The molecule has 0 saturated heterocycles. The van der Waals surface area contributed by atoms with Crippen molar-refractivity contribution in [2.24, 2.45) is 5.73 Å². The number of hydrogen-bond donors (Lipinski definition) is 2. The Morgan fingerprint density at radius 2 is 1.83 bits per heavy atom. The number of carbonyl (C=O) groups is 2. The number of amides is 2. The second-order valence-corrected chi connectivity index (χ2v) is 5.84. The zero-order valence-electron chi connectivity index (χ0n) is 13.3. The standard InChI is InChI=1S/C18H19ClN2O3/c1-12-4-2-3-5-14(12)11-24-17(22)10-16(21-18(20)23)13-6-8-15(19)9-7-13/h2-9,16H,10-11H2,1H3,(H3,20,21,23)/t16-/m0/s1. The fourth-order valence-electron chi connectivity index (χ4n) is 2.27. The number of nitrogens with two attached hydrogens (primary N) is 1. The molecule has 0 spiro atoms. The summed E-state index contributed by atoms with van der Waals surface area (Å²) in [7, 11) is 0. The van der Waals surface area contributed by atoms with Crippen LogP contribution in [0.15, 0.2) is 48.5 Å². The predicted octanol–water partition coefficient (Wildman–Crippen LogP) is 3.49. The number of rotatable bonds is 6. The molecular weight excluding hydrogens is 328 g/mol. The normalized spacial score (nSPS) is 11.6. The Hall–Kier alpha value is -2.53. The highest BCUT2D eigenvalue weighted by Gasteiger charge is 2.18. The van der Waals surface area contributed by atoms with Crippen LogP contribution in [0.3, 0.4) is 0 Å². The summed E-state index contributed by atoms with van der Waals surface area (Å²) >= 11 is 5.86. The van der Waals surface area contributed by atoms with Gasteiger partial charge in [-0.3, -0.25) is 4.79 Å². The molecule has 0 aromatic heterocycles. The molecule has 0 radical (unpaired) electrons. The number of urea groups is 1. The van der Waals surface area contributed by atoms with Crippen molar-refractivity contribution in [1.29, 1.82) is 0 Å². The first kappa shape index (κ1) is 17.8. The second kappa shape index (κ2) is 8.36. The first-order chi connectivity index (χ1) is 11.5. The lowest BCUT2D eigenvalue weighted by atomic mass is 10.0. The molecule has 2 aromatic rings. The fourth-order valence-corrected chi connectivity index (χ4v) is 2.40. The van der Waals surface area contributed by atoms with Crippen molar-refractivity contribution in [3.05, 3.63) is 70.2 Å². The summed E-state index contributed by atoms with van der Waals surface area (Å²) < 4.78 is 5.31. The van der Waals surface area contributed by atoms with E-state index in [2.05, 4.69) is 5.32 Å². The van der Waals surface area contributed by atoms with Crippen molar-refractivity contribution < 1.29 is 14.3 Å². The van der Waals surface area contributed by atoms with Gasteiger partial charge in [0.2, 0.25) is 0 Å². The second-order valence-electron chi connectivity index (χ2n) is 5.40. The van der Waals surface area contributed by atoms with Crippen LogP contribution in [0.4, 0.5) is 4.79 Å². The highest BCUT2D eigenvalue weighted by atomic mass is 35.5. The lowest BCUT2D eigenvalue weighted by Gasteiger charge is -2.17. The fraction of sp³-hybridized carbons (Fsp3) is 0.222. The van der Waals surface area contributed by atoms with E-state index in [1.807, 2.05) is 31.2 Å². The molecule has 0 aliphatic heterocycles. The zero-order valence-corrected chi connectivity index (χ0v) is 14.0. The summed E-state index contributed by atoms with van der Waals surface area (Å²) in [6, 6.07) is 13.2. The average Bonchev–Trinajstić information content (AvgIpc) is 2.54. The van der Waals surface area contributed by atoms with Crippen LogP contribution in [0.25, 0.3) is 0 Å². The monoisotopic (exact) mass is 346 g/mol. The third-order valence-corrected chi connectivity index (χ3v) is 3.86. The maximum Gasteiger partial charge on any atom is 0.312 e. The molecule has 0 aliphatic carbocycles. The van der Waals surface area contributed by atoms with Crippen molar-refractivity contribution in [2.45, 2.75) is 26.0 Å². The van der Waals surface area contributed by atoms with Gasteiger partial charge in [0.15, 0.2) is 0 Å². The Morgan fingerprint density at radius 1 is 1.17 bits per heavy atom. The van der Waals surface area contributed by atoms with Crippen LogP contribution in [0.2, 0.25) is 5.02 Å². The molecule has 0 fully saturated rings. The topological polar surface area (TPSA) is 81.4 Å². The van der Waals surface area contributed by atoms with E-state index < -0.39 is 18.0 Å². The Kier molecular flexibility index (Phi) is 6.21. The molecular formula is C18H19ClN2O3. The Bertz CT molecular complexity index is 716. The smallest absolute Gasteiger partial charge is 0.312 e. The molecule has 126 valence electrons. The van der Waals surface area contributed by atoms with Gasteiger partial charge in [0.1, 0.15) is 6.61 Å². The molecule has 3 N–H and O–H groups in total. The van der Waals surface area contributed by atoms with E-state index in [1.54, 1.807) is 24.3 Å². The number of esters is 1. The maximum atomic E-state index is 12.1. The van der Waals surface area contributed by atoms with Crippen molar-refractivity contribution in [3.8, 4) is 0 Å². The minimum Gasteiger partial charge on any atom is -0.461 e. The molecule has 2 rings (SSSR count). The molecule has 0 unspecified atom stereocenters. The molecule has 0 heterocycles. The van der Waals surface area contributed by atoms with Crippen LogP contribution in [0.1, 0.15) is 29.2 Å². The van der Waals surface area contributed by atoms with E-state index in [0.717, 1.165) is 16.7 Å². The molecule has 24 heavy (non-hydrogen) atoms. The average molecular weight is 347 g/mol. The molecule has 2 amide bonds. The summed E-state index contributed by atoms with van der Waals surface area (Å²) in [5.41, 5.74) is 7.91. The summed E-state index contributed by atoms with van der Waals surface area (Å²) in [6.07, 6.45) is -0.0174. The highest BCUT2D eigenvalue weighted by Crippen LogP contribution is 2.20. The molecule has 1 atom stereocenters. The lowest BCUT2D eigenvalue weighted by molar-refractivity contribution is -0.145. The number of halogens is 1. The minimum absolute atomic E-state index is 0.0174. The van der Waals surface area contributed by atoms with Crippen LogP contribution >= 0.6 is 11.6 Å². The quantitative estimate of drug-likeness (QED) is 0.785. The van der Waals surface area contributed by atoms with Crippen LogP contribution in [0.5, 0.6) is 0 Å². The van der Waals surface area contributed by atoms with Gasteiger partial charge in [-0.15, -0.1) is 0 Å². The van der Waals surface area contributed by atoms with Gasteiger partial charge in [0.25, 0.3) is 0 Å². The number of nitrogens with one attached hydrogen (secondary N) is 1. The van der Waals surface area contributed by atoms with Crippen molar-refractivity contribution in [1.82, 2.24) is 5.32 Å². The van der Waals surface area contributed by atoms with Gasteiger partial charge in [-0.2, -0.15) is 0 Å². The van der Waals surface area contributed by atoms with Gasteiger partial charge >= 0.3 is 12.0 Å². The largest absolute Gasteiger partial charge is 0.461 e. The molecule has 6 heteroatoms. The molecule has 0 saturated carbocycles. The number of carbonyl (C=O) groups excluding carboxylic acids is 2. The van der Waals surface area contributed by atoms with Gasteiger partial charge in [-0.05, 0) is 35.7 Å². The van der Waals surface area contributed by atoms with Crippen LogP contribution in [0, 0.1) is 6.92 Å². The third kappa shape index (κ3) is 5.28. The maximum absolute atomic E-state index is 12.1. The SMILES string of the molecule is Cc1ccccc1COC(=O)C[C@H](NC(N)=O)c1ccc(Cl)cc1. The van der Waals surface area contributed by atoms with E-state index >= 15 is 0 Å². The number of aryl methyl sites for hydroxylation is 1. The van der Waals surface area contributed by atoms with E-state index in [9.17, 15) is 9.59 Å². The van der Waals surface area contributed by atoms with E-state index in [0.29, 0.717) is 5.02 Å². The van der Waals surface area contributed by atoms with Gasteiger partial charge < -0.3 is 15.8 Å². The first-order valence-electron chi connectivity index (χ1n) is 7.47. The number of primary amides is 1. The van der Waals surface area contributed by atoms with Gasteiger partial charge in [0.05, 0.1) is 12.5 Å². The summed E-state index contributed by atoms with van der Waals surface area (Å²) in [5, 5.41) is 3.12. The van der Waals surface area contributed by atoms with E-state index in [1.165, 1.54) is 0 Å². The van der Waals surface area contributed by atoms with Gasteiger partial charge in [-0.1, -0.05) is 48.0 Å². The summed E-state index contributed by atoms with van der Waals surface area (Å²) in [6.45, 7) is 2.14. The first-order valence-corrected chi connectivity index (χ1v) is 7.85. The van der Waals surface area contributed by atoms with Crippen molar-refractivity contribution >= 4 is 23.6 Å². The van der Waals surface area contributed by atoms with Crippen LogP contribution in [-0.2, 0) is 16.1 Å². The predicted molar refractivity (Wildman–Crippen MR) is 92.5 cm³/mol. The van der Waals surface area contributed by atoms with Crippen molar-refractivity contribution in [3.63, 3.8) is 0 Å². The Labute approximate surface area is 145 Å². The molecule has 0 aliphatic rings. The highest BCUT2D eigenvalue weighted by molar-refractivity contribution is 6.30. The van der Waals surface area contributed by atoms with E-state index in [-0.39, 0.29) is 13.0 Å². The number of hydrogen-bond acceptors (Lipinski definition) is 3. The Balaban J connectivity index is 2.00. The molecule has 5 nitrogen and oxygen atoms in total. The lowest BCUT2D eigenvalue weighted by Crippen LogP contribution is -2.34. The third-order valence-electron chi connectivity index (χ3n) is 3.61. The minimum atomic E-state index is -0.707. The molecule has 0 bridgehead atoms. The van der Waals surface area contributed by atoms with Crippen LogP contribution < -0.4 is 11.1 Å². The summed E-state index contributed by atoms with van der Waals surface area (Å²) in [4.78, 5) is 23.3. The summed E-state index contributed by atoms with van der Waals surface area (Å²) in [5.74, 6) is -0.424. The molecule has 2 aromatic carbocycles. The van der Waals surface area contributed by atoms with E-state index in [4.69, 9.17) is 22.1 Å². The number of benzene rings is 2. The Morgan fingerprint density at radius 3 is 2.46 bits per heavy atom. The van der Waals surface area contributed by atoms with Gasteiger partial charge in [-0.25, -0.2) is 4.79 Å². The van der Waals surface area contributed by atoms with Crippen molar-refractivity contribution in [2.75, 3.05) is 0 Å². The van der Waals surface area contributed by atoms with Gasteiger partial charge in [0, 0.05) is 5.02 Å². The number of ether oxygens (including phenoxy) is 1. The van der Waals surface area contributed by atoms with Crippen LogP contribution in [-0.4, -0.2) is 12.0 Å². The zero-order chi connectivity index (χ0) is 17.5.